The predicted octanol–water partition coefficient (Wildman–Crippen LogP) is -0.467. The van der Waals surface area contributed by atoms with Gasteiger partial charge in [-0.15, -0.1) is 11.8 Å². The zero-order chi connectivity index (χ0) is 10.9. The first kappa shape index (κ1) is 12.9. The Balaban J connectivity index is 2.79. The quantitative estimate of drug-likeness (QED) is 0.512. The first-order valence-electron chi connectivity index (χ1n) is 3.47. The lowest BCUT2D eigenvalue weighted by molar-refractivity contribution is -1.91. The van der Waals surface area contributed by atoms with Gasteiger partial charge in [0.2, 0.25) is 0 Å². The molecule has 0 aromatic heterocycles. The van der Waals surface area contributed by atoms with Crippen LogP contribution in [0, 0.1) is 10.2 Å². The highest BCUT2D eigenvalue weighted by Gasteiger charge is 2.31. The second kappa shape index (κ2) is 4.75. The Labute approximate surface area is 95.0 Å². The van der Waals surface area contributed by atoms with E-state index in [1.807, 2.05) is 13.2 Å². The van der Waals surface area contributed by atoms with E-state index in [0.717, 1.165) is 14.7 Å². The molecule has 0 amide bonds. The zero-order valence-electron chi connectivity index (χ0n) is 7.74. The van der Waals surface area contributed by atoms with Crippen LogP contribution in [-0.2, 0) is 3.74 Å². The van der Waals surface area contributed by atoms with Crippen LogP contribution in [-0.4, -0.2) is 11.1 Å². The van der Waals surface area contributed by atoms with Crippen LogP contribution < -0.4 is 14.0 Å². The molecule has 0 bridgehead atoms. The van der Waals surface area contributed by atoms with Crippen molar-refractivity contribution in [3.8, 4) is 0 Å². The summed E-state index contributed by atoms with van der Waals surface area (Å²) in [5.74, 6) is 0. The molecule has 0 aliphatic carbocycles. The molecule has 1 unspecified atom stereocenters. The van der Waals surface area contributed by atoms with Crippen molar-refractivity contribution in [3.05, 3.63) is 9.81 Å². The smallest absolute Gasteiger partial charge is 0.176 e. The Morgan fingerprint density at radius 2 is 1.93 bits per heavy atom. The molecular formula is C6H9ClO4S3. The van der Waals surface area contributed by atoms with Crippen molar-refractivity contribution in [2.45, 2.75) is 13.8 Å². The van der Waals surface area contributed by atoms with Gasteiger partial charge in [0.1, 0.15) is 3.74 Å². The van der Waals surface area contributed by atoms with Crippen molar-refractivity contribution in [2.75, 3.05) is 6.26 Å². The van der Waals surface area contributed by atoms with Crippen LogP contribution in [0.15, 0.2) is 9.81 Å². The molecule has 0 aromatic carbocycles. The molecule has 0 N–H and O–H groups in total. The molecule has 1 aliphatic heterocycles. The summed E-state index contributed by atoms with van der Waals surface area (Å²) >= 11 is 1.52. The highest BCUT2D eigenvalue weighted by Crippen LogP contribution is 2.52. The highest BCUT2D eigenvalue weighted by molar-refractivity contribution is 8.85. The summed E-state index contributed by atoms with van der Waals surface area (Å²) in [7, 11) is -4.04. The van der Waals surface area contributed by atoms with Crippen LogP contribution in [0.1, 0.15) is 13.8 Å². The van der Waals surface area contributed by atoms with E-state index in [1.54, 1.807) is 6.92 Å². The summed E-state index contributed by atoms with van der Waals surface area (Å²) in [4.78, 5) is 0.811. The number of rotatable bonds is 3. The Hall–Kier alpha value is 0.790. The topological polar surface area (TPSA) is 78.4 Å². The van der Waals surface area contributed by atoms with Gasteiger partial charge in [-0.2, -0.15) is 14.0 Å². The van der Waals surface area contributed by atoms with Gasteiger partial charge in [0.25, 0.3) is 0 Å². The maximum absolute atomic E-state index is 10.4. The lowest BCUT2D eigenvalue weighted by Gasteiger charge is -2.12. The predicted molar refractivity (Wildman–Crippen MR) is 53.2 cm³/mol. The third-order valence-corrected chi connectivity index (χ3v) is 7.96. The summed E-state index contributed by atoms with van der Waals surface area (Å²) in [6.07, 6.45) is 1.90. The van der Waals surface area contributed by atoms with E-state index in [2.05, 4.69) is 3.74 Å². The second-order valence-corrected chi connectivity index (χ2v) is 7.83. The summed E-state index contributed by atoms with van der Waals surface area (Å²) in [5.41, 5.74) is 1.00. The summed E-state index contributed by atoms with van der Waals surface area (Å²) < 4.78 is 36.6. The zero-order valence-corrected chi connectivity index (χ0v) is 10.9. The second-order valence-electron chi connectivity index (χ2n) is 2.43. The molecule has 14 heavy (non-hydrogen) atoms. The van der Waals surface area contributed by atoms with Crippen molar-refractivity contribution < 1.29 is 28.0 Å². The van der Waals surface area contributed by atoms with Crippen molar-refractivity contribution in [3.63, 3.8) is 0 Å². The number of halogens is 1. The largest absolute Gasteiger partial charge is 0.182 e. The molecule has 0 fully saturated rings. The van der Waals surface area contributed by atoms with E-state index in [4.69, 9.17) is 0 Å². The third-order valence-electron chi connectivity index (χ3n) is 1.56. The standard InChI is InChI=1S/C6H9ClO4S3/c1-4-5(2)14(11-7(8,9)10)13-6(4)12-3/h1-3H3. The van der Waals surface area contributed by atoms with Gasteiger partial charge in [-0.25, -0.2) is 0 Å². The highest BCUT2D eigenvalue weighted by atomic mass is 35.7. The molecule has 1 aliphatic rings. The molecule has 1 rings (SSSR count). The van der Waals surface area contributed by atoms with E-state index in [-0.39, 0.29) is 0 Å². The first-order valence-corrected chi connectivity index (χ1v) is 8.41. The maximum atomic E-state index is 10.4. The monoisotopic (exact) mass is 276 g/mol. The molecule has 0 saturated heterocycles. The number of allylic oxidation sites excluding steroid dienone is 1. The molecule has 4 nitrogen and oxygen atoms in total. The Morgan fingerprint density at radius 1 is 1.36 bits per heavy atom. The molecule has 1 heterocycles. The van der Waals surface area contributed by atoms with Gasteiger partial charge in [0, 0.05) is 4.86 Å². The third kappa shape index (κ3) is 3.14. The van der Waals surface area contributed by atoms with E-state index in [0.29, 0.717) is 0 Å². The van der Waals surface area contributed by atoms with Crippen LogP contribution in [0.3, 0.4) is 0 Å². The SMILES string of the molecule is CSC1=C(C)C(C)=S(O[Cl+3]([O-])([O-])[O-])S1. The Kier molecular flexibility index (Phi) is 4.36. The molecule has 82 valence electrons. The van der Waals surface area contributed by atoms with Crippen molar-refractivity contribution in [2.24, 2.45) is 0 Å². The van der Waals surface area contributed by atoms with Gasteiger partial charge < -0.3 is 0 Å². The normalized spacial score (nSPS) is 23.6. The average Bonchev–Trinajstić information content (AvgIpc) is 2.30. The van der Waals surface area contributed by atoms with Gasteiger partial charge >= 0.3 is 0 Å². The van der Waals surface area contributed by atoms with Crippen LogP contribution in [0.25, 0.3) is 0 Å². The number of hydrogen-bond donors (Lipinski definition) is 0. The first-order chi connectivity index (χ1) is 6.35. The van der Waals surface area contributed by atoms with Crippen LogP contribution in [0.5, 0.6) is 0 Å². The van der Waals surface area contributed by atoms with E-state index in [1.165, 1.54) is 22.6 Å². The minimum atomic E-state index is -4.34. The molecular weight excluding hydrogens is 268 g/mol. The molecule has 0 saturated carbocycles. The van der Waals surface area contributed by atoms with Gasteiger partial charge in [-0.1, -0.05) is 0 Å². The van der Waals surface area contributed by atoms with Crippen molar-refractivity contribution in [1.29, 1.82) is 0 Å². The maximum Gasteiger partial charge on any atom is 0.176 e. The Morgan fingerprint density at radius 3 is 2.29 bits per heavy atom. The van der Waals surface area contributed by atoms with E-state index < -0.39 is 20.0 Å². The van der Waals surface area contributed by atoms with Crippen LogP contribution >= 0.6 is 32.4 Å². The van der Waals surface area contributed by atoms with Crippen LogP contribution in [0.2, 0.25) is 0 Å². The molecule has 0 radical (unpaired) electrons. The Bertz CT molecular complexity index is 307. The summed E-state index contributed by atoms with van der Waals surface area (Å²) in [6, 6.07) is 0. The fraction of sp³-hybridized carbons (Fsp3) is 0.500. The van der Waals surface area contributed by atoms with Crippen molar-refractivity contribution >= 4 is 37.2 Å². The fourth-order valence-corrected chi connectivity index (χ4v) is 7.08. The lowest BCUT2D eigenvalue weighted by atomic mass is 10.3. The van der Waals surface area contributed by atoms with Crippen LogP contribution in [0.4, 0.5) is 0 Å². The van der Waals surface area contributed by atoms with Crippen molar-refractivity contribution in [1.82, 2.24) is 0 Å². The number of hydrogen-bond acceptors (Lipinski definition) is 6. The summed E-state index contributed by atoms with van der Waals surface area (Å²) in [5, 5.41) is 0. The minimum Gasteiger partial charge on any atom is -0.182 e. The van der Waals surface area contributed by atoms with Gasteiger partial charge in [-0.05, 0) is 36.5 Å². The molecule has 0 aromatic rings. The van der Waals surface area contributed by atoms with Gasteiger partial charge in [0.05, 0.1) is 14.5 Å². The average molecular weight is 277 g/mol. The fourth-order valence-electron chi connectivity index (χ4n) is 0.780. The van der Waals surface area contributed by atoms with E-state index >= 15 is 0 Å². The minimum absolute atomic E-state index is 0.811. The molecule has 8 heteroatoms. The molecule has 1 atom stereocenters. The summed E-state index contributed by atoms with van der Waals surface area (Å²) in [6.45, 7) is 3.66. The van der Waals surface area contributed by atoms with Gasteiger partial charge in [-0.3, -0.25) is 0 Å². The van der Waals surface area contributed by atoms with E-state index in [9.17, 15) is 14.0 Å². The van der Waals surface area contributed by atoms with Gasteiger partial charge in [0.15, 0.2) is 9.80 Å². The number of thioether (sulfide) groups is 1. The molecule has 0 spiro atoms. The lowest BCUT2D eigenvalue weighted by Crippen LogP contribution is -2.60.